The minimum atomic E-state index is -0.685. The van der Waals surface area contributed by atoms with Crippen LogP contribution in [-0.4, -0.2) is 22.2 Å². The summed E-state index contributed by atoms with van der Waals surface area (Å²) in [6.07, 6.45) is 18.4. The maximum absolute atomic E-state index is 11.8. The van der Waals surface area contributed by atoms with Crippen molar-refractivity contribution >= 4 is 11.9 Å². The number of carbonyl (C=O) groups is 2. The number of rotatable bonds is 21. The summed E-state index contributed by atoms with van der Waals surface area (Å²) in [5.74, 6) is -0.638. The molecule has 172 valence electrons. The summed E-state index contributed by atoms with van der Waals surface area (Å²) in [7, 11) is 0. The molecule has 0 saturated heterocycles. The first kappa shape index (κ1) is 27.9. The summed E-state index contributed by atoms with van der Waals surface area (Å²) < 4.78 is 0. The largest absolute Gasteiger partial charge is 0.481 e. The van der Waals surface area contributed by atoms with Gasteiger partial charge >= 0.3 is 11.9 Å². The molecule has 0 radical (unpaired) electrons. The Hall–Kier alpha value is -1.06. The van der Waals surface area contributed by atoms with Gasteiger partial charge in [0.1, 0.15) is 0 Å². The van der Waals surface area contributed by atoms with E-state index in [1.54, 1.807) is 0 Å². The molecular weight excluding hydrogens is 364 g/mol. The minimum absolute atomic E-state index is 0.182. The lowest BCUT2D eigenvalue weighted by molar-refractivity contribution is -0.144. The van der Waals surface area contributed by atoms with Crippen LogP contribution in [-0.2, 0) is 9.59 Å². The van der Waals surface area contributed by atoms with Crippen molar-refractivity contribution in [3.8, 4) is 0 Å². The average molecular weight is 413 g/mol. The van der Waals surface area contributed by atoms with Crippen molar-refractivity contribution in [1.82, 2.24) is 0 Å². The van der Waals surface area contributed by atoms with Gasteiger partial charge in [0, 0.05) is 6.42 Å². The van der Waals surface area contributed by atoms with Gasteiger partial charge in [-0.05, 0) is 31.1 Å². The van der Waals surface area contributed by atoms with Crippen molar-refractivity contribution in [3.05, 3.63) is 0 Å². The number of aliphatic carboxylic acids is 2. The van der Waals surface area contributed by atoms with Gasteiger partial charge in [0.15, 0.2) is 0 Å². The molecule has 3 unspecified atom stereocenters. The number of carboxylic acid groups (broad SMARTS) is 2. The van der Waals surface area contributed by atoms with Crippen molar-refractivity contribution in [3.63, 3.8) is 0 Å². The molecule has 0 aromatic heterocycles. The smallest absolute Gasteiger partial charge is 0.306 e. The molecule has 0 aromatic rings. The summed E-state index contributed by atoms with van der Waals surface area (Å²) in [4.78, 5) is 22.2. The van der Waals surface area contributed by atoms with Gasteiger partial charge in [-0.3, -0.25) is 9.59 Å². The van der Waals surface area contributed by atoms with E-state index in [2.05, 4.69) is 20.8 Å². The fraction of sp³-hybridized carbons (Fsp3) is 0.920. The van der Waals surface area contributed by atoms with Crippen LogP contribution in [0, 0.1) is 17.8 Å². The van der Waals surface area contributed by atoms with Crippen LogP contribution in [0.1, 0.15) is 130 Å². The highest BCUT2D eigenvalue weighted by molar-refractivity contribution is 5.70. The summed E-state index contributed by atoms with van der Waals surface area (Å²) >= 11 is 0. The molecule has 4 nitrogen and oxygen atoms in total. The normalized spacial score (nSPS) is 14.4. The van der Waals surface area contributed by atoms with Gasteiger partial charge in [-0.1, -0.05) is 104 Å². The van der Waals surface area contributed by atoms with E-state index < -0.39 is 11.9 Å². The van der Waals surface area contributed by atoms with Crippen molar-refractivity contribution in [1.29, 1.82) is 0 Å². The van der Waals surface area contributed by atoms with Crippen LogP contribution in [0.15, 0.2) is 0 Å². The summed E-state index contributed by atoms with van der Waals surface area (Å²) in [5, 5.41) is 18.3. The molecule has 0 rings (SSSR count). The fourth-order valence-corrected chi connectivity index (χ4v) is 4.28. The monoisotopic (exact) mass is 412 g/mol. The molecule has 29 heavy (non-hydrogen) atoms. The lowest BCUT2D eigenvalue weighted by Crippen LogP contribution is -2.24. The first-order valence-electron chi connectivity index (χ1n) is 12.4. The Morgan fingerprint density at radius 1 is 0.724 bits per heavy atom. The van der Waals surface area contributed by atoms with Crippen molar-refractivity contribution < 1.29 is 19.8 Å². The van der Waals surface area contributed by atoms with Gasteiger partial charge in [0.25, 0.3) is 0 Å². The van der Waals surface area contributed by atoms with Crippen LogP contribution in [0.5, 0.6) is 0 Å². The highest BCUT2D eigenvalue weighted by Gasteiger charge is 2.26. The molecular formula is C25H48O4. The lowest BCUT2D eigenvalue weighted by Gasteiger charge is -2.25. The van der Waals surface area contributed by atoms with Gasteiger partial charge in [-0.15, -0.1) is 0 Å². The van der Waals surface area contributed by atoms with Crippen LogP contribution in [0.3, 0.4) is 0 Å². The van der Waals surface area contributed by atoms with Gasteiger partial charge < -0.3 is 10.2 Å². The SMILES string of the molecule is CCCCC(CC)CC(C(=O)O)C(C)CCCCCCCCCCCCC(=O)O. The van der Waals surface area contributed by atoms with E-state index in [0.29, 0.717) is 12.3 Å². The van der Waals surface area contributed by atoms with Crippen LogP contribution in [0.4, 0.5) is 0 Å². The second kappa shape index (κ2) is 18.9. The van der Waals surface area contributed by atoms with Gasteiger partial charge in [-0.2, -0.15) is 0 Å². The number of hydrogen-bond acceptors (Lipinski definition) is 2. The molecule has 0 fully saturated rings. The maximum atomic E-state index is 11.8. The number of hydrogen-bond donors (Lipinski definition) is 2. The van der Waals surface area contributed by atoms with Gasteiger partial charge in [0.2, 0.25) is 0 Å². The van der Waals surface area contributed by atoms with E-state index >= 15 is 0 Å². The maximum Gasteiger partial charge on any atom is 0.306 e. The average Bonchev–Trinajstić information content (AvgIpc) is 2.68. The first-order chi connectivity index (χ1) is 13.9. The molecule has 4 heteroatoms. The molecule has 0 heterocycles. The minimum Gasteiger partial charge on any atom is -0.481 e. The number of carboxylic acids is 2. The molecule has 0 aliphatic rings. The van der Waals surface area contributed by atoms with Crippen LogP contribution in [0.25, 0.3) is 0 Å². The Bertz CT molecular complexity index is 408. The second-order valence-electron chi connectivity index (χ2n) is 9.04. The Balaban J connectivity index is 3.79. The highest BCUT2D eigenvalue weighted by atomic mass is 16.4. The van der Waals surface area contributed by atoms with Crippen LogP contribution in [0.2, 0.25) is 0 Å². The highest BCUT2D eigenvalue weighted by Crippen LogP contribution is 2.29. The van der Waals surface area contributed by atoms with E-state index in [4.69, 9.17) is 5.11 Å². The molecule has 0 saturated carbocycles. The molecule has 0 aromatic carbocycles. The Morgan fingerprint density at radius 3 is 1.69 bits per heavy atom. The molecule has 2 N–H and O–H groups in total. The zero-order valence-electron chi connectivity index (χ0n) is 19.5. The predicted molar refractivity (Wildman–Crippen MR) is 121 cm³/mol. The third-order valence-corrected chi connectivity index (χ3v) is 6.43. The van der Waals surface area contributed by atoms with E-state index in [1.165, 1.54) is 57.8 Å². The molecule has 0 spiro atoms. The van der Waals surface area contributed by atoms with Gasteiger partial charge in [-0.25, -0.2) is 0 Å². The third kappa shape index (κ3) is 16.4. The second-order valence-corrected chi connectivity index (χ2v) is 9.04. The van der Waals surface area contributed by atoms with Crippen LogP contribution < -0.4 is 0 Å². The van der Waals surface area contributed by atoms with Crippen molar-refractivity contribution in [2.45, 2.75) is 130 Å². The lowest BCUT2D eigenvalue weighted by atomic mass is 9.80. The standard InChI is InChI=1S/C25H48O4/c1-4-6-18-22(5-2)20-23(25(28)29)21(3)17-15-13-11-9-7-8-10-12-14-16-19-24(26)27/h21-23H,4-20H2,1-3H3,(H,26,27)(H,28,29). The molecule has 0 bridgehead atoms. The van der Waals surface area contributed by atoms with E-state index in [9.17, 15) is 14.7 Å². The molecule has 3 atom stereocenters. The molecule has 0 amide bonds. The van der Waals surface area contributed by atoms with Crippen molar-refractivity contribution in [2.75, 3.05) is 0 Å². The van der Waals surface area contributed by atoms with E-state index in [1.807, 2.05) is 0 Å². The first-order valence-corrected chi connectivity index (χ1v) is 12.4. The zero-order chi connectivity index (χ0) is 21.9. The molecule has 0 aliphatic carbocycles. The van der Waals surface area contributed by atoms with E-state index in [0.717, 1.165) is 44.9 Å². The summed E-state index contributed by atoms with van der Waals surface area (Å²) in [5.41, 5.74) is 0. The Labute approximate surface area is 179 Å². The van der Waals surface area contributed by atoms with E-state index in [-0.39, 0.29) is 11.8 Å². The fourth-order valence-electron chi connectivity index (χ4n) is 4.28. The topological polar surface area (TPSA) is 74.6 Å². The third-order valence-electron chi connectivity index (χ3n) is 6.43. The Kier molecular flexibility index (Phi) is 18.2. The zero-order valence-corrected chi connectivity index (χ0v) is 19.5. The number of unbranched alkanes of at least 4 members (excludes halogenated alkanes) is 10. The quantitative estimate of drug-likeness (QED) is 0.189. The Morgan fingerprint density at radius 2 is 1.24 bits per heavy atom. The predicted octanol–water partition coefficient (Wildman–Crippen LogP) is 7.70. The van der Waals surface area contributed by atoms with Crippen molar-refractivity contribution in [2.24, 2.45) is 17.8 Å². The van der Waals surface area contributed by atoms with Crippen LogP contribution >= 0.6 is 0 Å². The summed E-state index contributed by atoms with van der Waals surface area (Å²) in [6.45, 7) is 6.53. The molecule has 0 aliphatic heterocycles. The summed E-state index contributed by atoms with van der Waals surface area (Å²) in [6, 6.07) is 0. The van der Waals surface area contributed by atoms with Gasteiger partial charge in [0.05, 0.1) is 5.92 Å².